The van der Waals surface area contributed by atoms with E-state index in [4.69, 9.17) is 9.26 Å². The Balaban J connectivity index is 1.96. The smallest absolute Gasteiger partial charge is 0.306 e. The van der Waals surface area contributed by atoms with Gasteiger partial charge in [0.05, 0.1) is 13.0 Å². The molecule has 2 rings (SSSR count). The fourth-order valence-electron chi connectivity index (χ4n) is 3.16. The van der Waals surface area contributed by atoms with Gasteiger partial charge in [-0.15, -0.1) is 0 Å². The molecule has 1 aliphatic carbocycles. The number of carbonyl (C=O) groups excluding carboxylic acids is 3. The summed E-state index contributed by atoms with van der Waals surface area (Å²) >= 11 is 0. The monoisotopic (exact) mass is 365 g/mol. The molecule has 0 unspecified atom stereocenters. The van der Waals surface area contributed by atoms with Gasteiger partial charge in [0, 0.05) is 18.5 Å². The van der Waals surface area contributed by atoms with E-state index in [2.05, 4.69) is 10.5 Å². The van der Waals surface area contributed by atoms with Crippen LogP contribution in [0.5, 0.6) is 0 Å². The van der Waals surface area contributed by atoms with Crippen LogP contribution in [0.2, 0.25) is 0 Å². The first-order valence-corrected chi connectivity index (χ1v) is 9.18. The number of carbonyl (C=O) groups is 3. The lowest BCUT2D eigenvalue weighted by atomic mass is 9.94. The molecule has 0 aliphatic heterocycles. The van der Waals surface area contributed by atoms with Crippen LogP contribution in [0.25, 0.3) is 0 Å². The molecule has 0 bridgehead atoms. The molecule has 8 heteroatoms. The van der Waals surface area contributed by atoms with Gasteiger partial charge in [0.15, 0.2) is 5.82 Å². The second-order valence-electron chi connectivity index (χ2n) is 6.49. The zero-order valence-electron chi connectivity index (χ0n) is 15.5. The highest BCUT2D eigenvalue weighted by Crippen LogP contribution is 2.23. The number of ether oxygens (including phenoxy) is 1. The topological polar surface area (TPSA) is 102 Å². The Bertz CT molecular complexity index is 622. The van der Waals surface area contributed by atoms with Crippen LogP contribution >= 0.6 is 0 Å². The predicted octanol–water partition coefficient (Wildman–Crippen LogP) is 2.43. The van der Waals surface area contributed by atoms with Crippen molar-refractivity contribution in [3.63, 3.8) is 0 Å². The van der Waals surface area contributed by atoms with E-state index >= 15 is 0 Å². The van der Waals surface area contributed by atoms with Crippen LogP contribution in [-0.2, 0) is 19.1 Å². The van der Waals surface area contributed by atoms with Gasteiger partial charge < -0.3 is 19.5 Å². The fraction of sp³-hybridized carbons (Fsp3) is 0.667. The molecular formula is C18H27N3O5. The first-order valence-electron chi connectivity index (χ1n) is 9.18. The summed E-state index contributed by atoms with van der Waals surface area (Å²) < 4.78 is 9.80. The molecule has 0 radical (unpaired) electrons. The van der Waals surface area contributed by atoms with E-state index in [1.165, 1.54) is 0 Å². The normalized spacial score (nSPS) is 14.7. The summed E-state index contributed by atoms with van der Waals surface area (Å²) in [5.74, 6) is 0.00165. The molecule has 1 fully saturated rings. The second kappa shape index (κ2) is 9.94. The third-order valence-electron chi connectivity index (χ3n) is 4.39. The predicted molar refractivity (Wildman–Crippen MR) is 94.3 cm³/mol. The van der Waals surface area contributed by atoms with Crippen molar-refractivity contribution >= 4 is 23.6 Å². The average molecular weight is 365 g/mol. The highest BCUT2D eigenvalue weighted by molar-refractivity contribution is 5.94. The molecule has 26 heavy (non-hydrogen) atoms. The zero-order valence-corrected chi connectivity index (χ0v) is 15.5. The van der Waals surface area contributed by atoms with Crippen LogP contribution in [-0.4, -0.2) is 47.0 Å². The Morgan fingerprint density at radius 1 is 1.27 bits per heavy atom. The van der Waals surface area contributed by atoms with Gasteiger partial charge >= 0.3 is 5.97 Å². The van der Waals surface area contributed by atoms with Crippen LogP contribution < -0.4 is 5.32 Å². The van der Waals surface area contributed by atoms with E-state index in [0.29, 0.717) is 18.2 Å². The van der Waals surface area contributed by atoms with Gasteiger partial charge in [0.1, 0.15) is 12.3 Å². The molecule has 1 saturated carbocycles. The Kier molecular flexibility index (Phi) is 7.62. The van der Waals surface area contributed by atoms with Crippen LogP contribution in [0.3, 0.4) is 0 Å². The fourth-order valence-corrected chi connectivity index (χ4v) is 3.16. The number of esters is 1. The highest BCUT2D eigenvalue weighted by atomic mass is 16.5. The number of nitrogens with one attached hydrogen (secondary N) is 1. The summed E-state index contributed by atoms with van der Waals surface area (Å²) in [7, 11) is 0. The minimum absolute atomic E-state index is 0.0278. The number of anilines is 1. The molecule has 1 aliphatic rings. The van der Waals surface area contributed by atoms with Gasteiger partial charge in [0.2, 0.25) is 11.8 Å². The SMILES string of the molecule is CCOC(=O)CCC(=O)N(CC(=O)Nc1cc(C)on1)C1CCCCC1. The van der Waals surface area contributed by atoms with E-state index < -0.39 is 5.97 Å². The van der Waals surface area contributed by atoms with Crippen LogP contribution in [0.4, 0.5) is 5.82 Å². The van der Waals surface area contributed by atoms with Gasteiger partial charge in [-0.3, -0.25) is 14.4 Å². The molecule has 1 aromatic heterocycles. The third-order valence-corrected chi connectivity index (χ3v) is 4.39. The summed E-state index contributed by atoms with van der Waals surface area (Å²) in [4.78, 5) is 38.1. The zero-order chi connectivity index (χ0) is 18.9. The van der Waals surface area contributed by atoms with Gasteiger partial charge in [0.25, 0.3) is 0 Å². The van der Waals surface area contributed by atoms with Crippen molar-refractivity contribution in [3.05, 3.63) is 11.8 Å². The maximum absolute atomic E-state index is 12.6. The average Bonchev–Trinajstić information content (AvgIpc) is 3.03. The Hall–Kier alpha value is -2.38. The molecule has 8 nitrogen and oxygen atoms in total. The largest absolute Gasteiger partial charge is 0.466 e. The number of aromatic nitrogens is 1. The number of hydrogen-bond donors (Lipinski definition) is 1. The summed E-state index contributed by atoms with van der Waals surface area (Å²) in [6.07, 6.45) is 5.05. The molecule has 144 valence electrons. The van der Waals surface area contributed by atoms with E-state index in [-0.39, 0.29) is 37.2 Å². The van der Waals surface area contributed by atoms with Crippen LogP contribution in [0.1, 0.15) is 57.6 Å². The maximum Gasteiger partial charge on any atom is 0.306 e. The van der Waals surface area contributed by atoms with Gasteiger partial charge in [-0.1, -0.05) is 24.4 Å². The van der Waals surface area contributed by atoms with Gasteiger partial charge in [-0.25, -0.2) is 0 Å². The van der Waals surface area contributed by atoms with Crippen molar-refractivity contribution in [2.45, 2.75) is 64.8 Å². The second-order valence-corrected chi connectivity index (χ2v) is 6.49. The molecule has 1 heterocycles. The van der Waals surface area contributed by atoms with Crippen molar-refractivity contribution < 1.29 is 23.6 Å². The van der Waals surface area contributed by atoms with Crippen molar-refractivity contribution in [3.8, 4) is 0 Å². The van der Waals surface area contributed by atoms with Crippen molar-refractivity contribution in [2.75, 3.05) is 18.5 Å². The Morgan fingerprint density at radius 3 is 2.62 bits per heavy atom. The van der Waals surface area contributed by atoms with E-state index in [9.17, 15) is 14.4 Å². The Labute approximate surface area is 153 Å². The number of aryl methyl sites for hydroxylation is 1. The number of hydrogen-bond acceptors (Lipinski definition) is 6. The van der Waals surface area contributed by atoms with Gasteiger partial charge in [-0.2, -0.15) is 0 Å². The Morgan fingerprint density at radius 2 is 2.00 bits per heavy atom. The lowest BCUT2D eigenvalue weighted by Crippen LogP contribution is -2.45. The molecule has 1 N–H and O–H groups in total. The van der Waals surface area contributed by atoms with E-state index in [0.717, 1.165) is 32.1 Å². The van der Waals surface area contributed by atoms with Crippen molar-refractivity contribution in [1.82, 2.24) is 10.1 Å². The summed E-state index contributed by atoms with van der Waals surface area (Å²) in [5.41, 5.74) is 0. The third kappa shape index (κ3) is 6.16. The maximum atomic E-state index is 12.6. The quantitative estimate of drug-likeness (QED) is 0.710. The lowest BCUT2D eigenvalue weighted by molar-refractivity contribution is -0.146. The molecule has 0 aromatic carbocycles. The summed E-state index contributed by atoms with van der Waals surface area (Å²) in [6.45, 7) is 3.69. The minimum Gasteiger partial charge on any atom is -0.466 e. The number of rotatable bonds is 8. The summed E-state index contributed by atoms with van der Waals surface area (Å²) in [6, 6.07) is 1.65. The lowest BCUT2D eigenvalue weighted by Gasteiger charge is -2.34. The number of nitrogens with zero attached hydrogens (tertiary/aromatic N) is 2. The minimum atomic E-state index is -0.396. The van der Waals surface area contributed by atoms with Crippen LogP contribution in [0, 0.1) is 6.92 Å². The number of amides is 2. The van der Waals surface area contributed by atoms with E-state index in [1.54, 1.807) is 24.8 Å². The molecule has 0 atom stereocenters. The molecule has 1 aromatic rings. The first-order chi connectivity index (χ1) is 12.5. The molecular weight excluding hydrogens is 338 g/mol. The first kappa shape index (κ1) is 19.9. The highest BCUT2D eigenvalue weighted by Gasteiger charge is 2.27. The summed E-state index contributed by atoms with van der Waals surface area (Å²) in [5, 5.41) is 6.37. The molecule has 2 amide bonds. The van der Waals surface area contributed by atoms with Crippen molar-refractivity contribution in [1.29, 1.82) is 0 Å². The van der Waals surface area contributed by atoms with Gasteiger partial charge in [-0.05, 0) is 26.7 Å². The van der Waals surface area contributed by atoms with E-state index in [1.807, 2.05) is 0 Å². The van der Waals surface area contributed by atoms with Crippen molar-refractivity contribution in [2.24, 2.45) is 0 Å². The van der Waals surface area contributed by atoms with Crippen LogP contribution in [0.15, 0.2) is 10.6 Å². The standard InChI is InChI=1S/C18H27N3O5/c1-3-25-18(24)10-9-17(23)21(14-7-5-4-6-8-14)12-16(22)19-15-11-13(2)26-20-15/h11,14H,3-10,12H2,1-2H3,(H,19,20,22). The molecule has 0 spiro atoms. The molecule has 0 saturated heterocycles.